The van der Waals surface area contributed by atoms with Gasteiger partial charge in [0.15, 0.2) is 9.84 Å². The molecular formula is C8H13NO2S3. The van der Waals surface area contributed by atoms with Crippen LogP contribution in [0, 0.1) is 0 Å². The number of sulfone groups is 1. The van der Waals surface area contributed by atoms with Gasteiger partial charge in [0.2, 0.25) is 0 Å². The Bertz CT molecular complexity index is 387. The molecule has 1 aromatic heterocycles. The lowest BCUT2D eigenvalue weighted by Crippen LogP contribution is -2.00. The van der Waals surface area contributed by atoms with E-state index in [-0.39, 0.29) is 5.75 Å². The minimum absolute atomic E-state index is 0.0401. The van der Waals surface area contributed by atoms with Gasteiger partial charge in [0.05, 0.1) is 5.69 Å². The maximum Gasteiger partial charge on any atom is 0.153 e. The van der Waals surface area contributed by atoms with Gasteiger partial charge in [0.1, 0.15) is 10.8 Å². The van der Waals surface area contributed by atoms with Gasteiger partial charge in [-0.2, -0.15) is 12.6 Å². The Balaban J connectivity index is 2.96. The van der Waals surface area contributed by atoms with E-state index in [2.05, 4.69) is 17.6 Å². The second-order valence-corrected chi connectivity index (χ2v) is 6.68. The van der Waals surface area contributed by atoms with Crippen molar-refractivity contribution in [1.82, 2.24) is 4.98 Å². The van der Waals surface area contributed by atoms with E-state index < -0.39 is 9.84 Å². The third-order valence-electron chi connectivity index (χ3n) is 1.69. The lowest BCUT2D eigenvalue weighted by molar-refractivity contribution is 0.601. The molecule has 0 aromatic carbocycles. The topological polar surface area (TPSA) is 47.0 Å². The molecule has 0 aliphatic rings. The van der Waals surface area contributed by atoms with Crippen LogP contribution in [0.25, 0.3) is 0 Å². The summed E-state index contributed by atoms with van der Waals surface area (Å²) < 4.78 is 22.1. The third-order valence-corrected chi connectivity index (χ3v) is 4.30. The summed E-state index contributed by atoms with van der Waals surface area (Å²) in [4.78, 5) is 5.35. The number of nitrogens with zero attached hydrogens (tertiary/aromatic N) is 1. The number of rotatable bonds is 4. The highest BCUT2D eigenvalue weighted by Crippen LogP contribution is 2.22. The summed E-state index contributed by atoms with van der Waals surface area (Å²) >= 11 is 5.62. The van der Waals surface area contributed by atoms with E-state index in [0.717, 1.165) is 17.0 Å². The van der Waals surface area contributed by atoms with E-state index in [9.17, 15) is 8.42 Å². The van der Waals surface area contributed by atoms with Crippen molar-refractivity contribution in [2.75, 3.05) is 6.26 Å². The van der Waals surface area contributed by atoms with E-state index in [1.807, 2.05) is 6.92 Å². The fourth-order valence-electron chi connectivity index (χ4n) is 1.12. The Kier molecular flexibility index (Phi) is 3.97. The van der Waals surface area contributed by atoms with Gasteiger partial charge in [-0.1, -0.05) is 6.92 Å². The molecule has 0 saturated heterocycles. The first-order valence-electron chi connectivity index (χ1n) is 4.22. The molecule has 0 amide bonds. The Hall–Kier alpha value is -0.0700. The third kappa shape index (κ3) is 3.25. The quantitative estimate of drug-likeness (QED) is 0.828. The van der Waals surface area contributed by atoms with Crippen LogP contribution >= 0.6 is 24.0 Å². The molecule has 0 bridgehead atoms. The average molecular weight is 251 g/mol. The predicted molar refractivity (Wildman–Crippen MR) is 62.7 cm³/mol. The van der Waals surface area contributed by atoms with Crippen molar-refractivity contribution in [3.8, 4) is 0 Å². The summed E-state index contributed by atoms with van der Waals surface area (Å²) in [5.41, 5.74) is 0.976. The fourth-order valence-corrected chi connectivity index (χ4v) is 3.70. The van der Waals surface area contributed by atoms with Crippen molar-refractivity contribution in [2.45, 2.75) is 24.9 Å². The maximum absolute atomic E-state index is 11.0. The summed E-state index contributed by atoms with van der Waals surface area (Å²) in [6.07, 6.45) is 2.05. The highest BCUT2D eigenvalue weighted by atomic mass is 32.2. The zero-order valence-corrected chi connectivity index (χ0v) is 10.7. The molecule has 1 rings (SSSR count). The van der Waals surface area contributed by atoms with E-state index in [4.69, 9.17) is 0 Å². The first-order valence-corrected chi connectivity index (χ1v) is 7.73. The van der Waals surface area contributed by atoms with Crippen LogP contribution in [-0.4, -0.2) is 19.7 Å². The van der Waals surface area contributed by atoms with Crippen molar-refractivity contribution < 1.29 is 8.42 Å². The molecule has 1 aromatic rings. The van der Waals surface area contributed by atoms with E-state index in [0.29, 0.717) is 10.8 Å². The number of thiol groups is 1. The first kappa shape index (κ1) is 12.0. The molecule has 0 atom stereocenters. The minimum atomic E-state index is -2.97. The molecule has 14 heavy (non-hydrogen) atoms. The van der Waals surface area contributed by atoms with E-state index in [1.165, 1.54) is 17.6 Å². The number of aryl methyl sites for hydroxylation is 1. The van der Waals surface area contributed by atoms with E-state index in [1.54, 1.807) is 0 Å². The average Bonchev–Trinajstić information content (AvgIpc) is 2.43. The van der Waals surface area contributed by atoms with Gasteiger partial charge in [-0.05, 0) is 6.42 Å². The molecule has 80 valence electrons. The van der Waals surface area contributed by atoms with Crippen LogP contribution in [-0.2, 0) is 27.8 Å². The van der Waals surface area contributed by atoms with Gasteiger partial charge in [-0.15, -0.1) is 11.3 Å². The highest BCUT2D eigenvalue weighted by molar-refractivity contribution is 7.90. The van der Waals surface area contributed by atoms with Gasteiger partial charge in [-0.3, -0.25) is 0 Å². The molecule has 0 unspecified atom stereocenters. The lowest BCUT2D eigenvalue weighted by Gasteiger charge is -1.91. The molecule has 0 aliphatic carbocycles. The largest absolute Gasteiger partial charge is 0.245 e. The zero-order chi connectivity index (χ0) is 10.8. The van der Waals surface area contributed by atoms with Crippen LogP contribution in [0.4, 0.5) is 0 Å². The normalized spacial score (nSPS) is 11.9. The molecule has 0 N–H and O–H groups in total. The number of hydrogen-bond acceptors (Lipinski definition) is 5. The summed E-state index contributed by atoms with van der Waals surface area (Å²) in [6, 6.07) is 0. The summed E-state index contributed by atoms with van der Waals surface area (Å²) in [5, 5.41) is 0.674. The molecule has 0 aliphatic heterocycles. The smallest absolute Gasteiger partial charge is 0.153 e. The summed E-state index contributed by atoms with van der Waals surface area (Å²) in [6.45, 7) is 2.01. The van der Waals surface area contributed by atoms with Crippen LogP contribution < -0.4 is 0 Å². The van der Waals surface area contributed by atoms with Gasteiger partial charge >= 0.3 is 0 Å². The first-order chi connectivity index (χ1) is 6.46. The van der Waals surface area contributed by atoms with Gasteiger partial charge < -0.3 is 0 Å². The van der Waals surface area contributed by atoms with Crippen LogP contribution in [0.15, 0.2) is 0 Å². The van der Waals surface area contributed by atoms with Gasteiger partial charge in [-0.25, -0.2) is 13.4 Å². The van der Waals surface area contributed by atoms with Crippen molar-refractivity contribution >= 4 is 33.8 Å². The van der Waals surface area contributed by atoms with Crippen molar-refractivity contribution in [2.24, 2.45) is 0 Å². The number of thiazole rings is 1. The maximum atomic E-state index is 11.0. The second kappa shape index (κ2) is 4.63. The molecule has 6 heteroatoms. The molecule has 0 radical (unpaired) electrons. The summed E-state index contributed by atoms with van der Waals surface area (Å²) in [5.74, 6) is 0.670. The highest BCUT2D eigenvalue weighted by Gasteiger charge is 2.12. The Morgan fingerprint density at radius 2 is 2.14 bits per heavy atom. The van der Waals surface area contributed by atoms with Crippen molar-refractivity contribution in [1.29, 1.82) is 0 Å². The lowest BCUT2D eigenvalue weighted by atomic mass is 10.3. The number of aromatic nitrogens is 1. The Labute approximate surface area is 93.9 Å². The van der Waals surface area contributed by atoms with Crippen molar-refractivity contribution in [3.63, 3.8) is 0 Å². The van der Waals surface area contributed by atoms with Gasteiger partial charge in [0.25, 0.3) is 0 Å². The van der Waals surface area contributed by atoms with Crippen molar-refractivity contribution in [3.05, 3.63) is 15.6 Å². The standard InChI is InChI=1S/C8H13NO2S3/c1-3-6-7(4-12)13-8(9-6)5-14(2,10)11/h12H,3-5H2,1-2H3. The molecular weight excluding hydrogens is 238 g/mol. The Morgan fingerprint density at radius 1 is 1.50 bits per heavy atom. The zero-order valence-electron chi connectivity index (χ0n) is 8.15. The molecule has 3 nitrogen and oxygen atoms in total. The van der Waals surface area contributed by atoms with Crippen LogP contribution in [0.3, 0.4) is 0 Å². The van der Waals surface area contributed by atoms with Crippen LogP contribution in [0.2, 0.25) is 0 Å². The number of hydrogen-bond donors (Lipinski definition) is 1. The van der Waals surface area contributed by atoms with Crippen LogP contribution in [0.5, 0.6) is 0 Å². The van der Waals surface area contributed by atoms with E-state index >= 15 is 0 Å². The van der Waals surface area contributed by atoms with Crippen LogP contribution in [0.1, 0.15) is 22.5 Å². The second-order valence-electron chi connectivity index (χ2n) is 3.06. The molecule has 0 fully saturated rings. The molecule has 0 spiro atoms. The van der Waals surface area contributed by atoms with Gasteiger partial charge in [0, 0.05) is 16.9 Å². The SMILES string of the molecule is CCc1nc(CS(C)(=O)=O)sc1CS. The minimum Gasteiger partial charge on any atom is -0.245 e. The summed E-state index contributed by atoms with van der Waals surface area (Å²) in [7, 11) is -2.97. The molecule has 0 saturated carbocycles. The fraction of sp³-hybridized carbons (Fsp3) is 0.625. The predicted octanol–water partition coefficient (Wildman–Crippen LogP) is 1.68. The molecule has 1 heterocycles. The monoisotopic (exact) mass is 251 g/mol. The Morgan fingerprint density at radius 3 is 2.50 bits per heavy atom.